The lowest BCUT2D eigenvalue weighted by Crippen LogP contribution is -2.58. The second-order valence-electron chi connectivity index (χ2n) is 12.8. The van der Waals surface area contributed by atoms with Crippen molar-refractivity contribution < 1.29 is 33.8 Å². The summed E-state index contributed by atoms with van der Waals surface area (Å²) in [5.41, 5.74) is 0.238. The third-order valence-electron chi connectivity index (χ3n) is 7.77. The number of carbonyl (C=O) groups is 4. The molecule has 1 aliphatic rings. The second kappa shape index (κ2) is 16.6. The molecule has 0 aliphatic carbocycles. The number of hydrogen-bond acceptors (Lipinski definition) is 8. The molecule has 0 saturated carbocycles. The van der Waals surface area contributed by atoms with Gasteiger partial charge in [0, 0.05) is 6.54 Å². The van der Waals surface area contributed by atoms with E-state index in [0.29, 0.717) is 25.8 Å². The molecule has 1 unspecified atom stereocenters. The van der Waals surface area contributed by atoms with Crippen LogP contribution in [0.5, 0.6) is 0 Å². The molecule has 0 aromatic heterocycles. The summed E-state index contributed by atoms with van der Waals surface area (Å²) in [6.07, 6.45) is 0.685. The first-order valence-electron chi connectivity index (χ1n) is 15.3. The van der Waals surface area contributed by atoms with Crippen molar-refractivity contribution in [1.82, 2.24) is 20.9 Å². The smallest absolute Gasteiger partial charge is 0.407 e. The Morgan fingerprint density at radius 1 is 1.02 bits per heavy atom. The Balaban J connectivity index is 2.17. The topological polar surface area (TPSA) is 146 Å². The molecule has 1 heterocycles. The summed E-state index contributed by atoms with van der Waals surface area (Å²) in [4.78, 5) is 53.7. The quantitative estimate of drug-likeness (QED) is 0.237. The number of amides is 3. The Bertz CT molecular complexity index is 1060. The number of aliphatic hydroxyl groups excluding tert-OH is 1. The van der Waals surface area contributed by atoms with E-state index in [-0.39, 0.29) is 24.3 Å². The minimum absolute atomic E-state index is 0.142. The zero-order valence-electron chi connectivity index (χ0n) is 27.0. The summed E-state index contributed by atoms with van der Waals surface area (Å²) in [5.74, 6) is -1.69. The number of carbonyl (C=O) groups excluding carboxylic acids is 4. The van der Waals surface area contributed by atoms with E-state index in [1.807, 2.05) is 62.9 Å². The molecule has 1 aliphatic heterocycles. The fraction of sp³-hybridized carbons (Fsp3) is 0.688. The molecule has 11 heteroatoms. The van der Waals surface area contributed by atoms with Crippen LogP contribution < -0.4 is 16.0 Å². The van der Waals surface area contributed by atoms with Crippen molar-refractivity contribution in [3.8, 4) is 0 Å². The van der Waals surface area contributed by atoms with Gasteiger partial charge in [-0.25, -0.2) is 9.59 Å². The lowest BCUT2D eigenvalue weighted by Gasteiger charge is -2.32. The summed E-state index contributed by atoms with van der Waals surface area (Å²) in [5, 5.41) is 19.9. The molecule has 4 N–H and O–H groups in total. The number of β-amino-alcohol motifs (C(OH)–C–C–N with tert-alkyl or cyclic N) is 1. The lowest BCUT2D eigenvalue weighted by molar-refractivity contribution is -0.147. The molecule has 242 valence electrons. The van der Waals surface area contributed by atoms with Crippen LogP contribution in [0.25, 0.3) is 0 Å². The summed E-state index contributed by atoms with van der Waals surface area (Å²) >= 11 is 0. The summed E-state index contributed by atoms with van der Waals surface area (Å²) in [6, 6.07) is 6.63. The molecule has 0 bridgehead atoms. The second-order valence-corrected chi connectivity index (χ2v) is 12.8. The maximum absolute atomic E-state index is 13.6. The van der Waals surface area contributed by atoms with Crippen molar-refractivity contribution >= 4 is 23.9 Å². The van der Waals surface area contributed by atoms with Gasteiger partial charge in [0.05, 0.1) is 25.3 Å². The van der Waals surface area contributed by atoms with Crippen molar-refractivity contribution in [1.29, 1.82) is 0 Å². The number of nitrogens with zero attached hydrogens (tertiary/aromatic N) is 1. The van der Waals surface area contributed by atoms with Crippen molar-refractivity contribution in [2.75, 3.05) is 20.2 Å². The van der Waals surface area contributed by atoms with Gasteiger partial charge in [0.2, 0.25) is 11.8 Å². The largest absolute Gasteiger partial charge is 0.467 e. The molecule has 2 rings (SSSR count). The van der Waals surface area contributed by atoms with Crippen molar-refractivity contribution in [2.24, 2.45) is 11.8 Å². The molecular formula is C32H52N4O7. The van der Waals surface area contributed by atoms with Crippen LogP contribution in [0.3, 0.4) is 0 Å². The monoisotopic (exact) mass is 604 g/mol. The molecule has 11 nitrogen and oxygen atoms in total. The van der Waals surface area contributed by atoms with Gasteiger partial charge in [0.1, 0.15) is 17.7 Å². The third kappa shape index (κ3) is 11.4. The average Bonchev–Trinajstić information content (AvgIpc) is 3.40. The Kier molecular flexibility index (Phi) is 13.9. The maximum Gasteiger partial charge on any atom is 0.407 e. The van der Waals surface area contributed by atoms with Crippen LogP contribution in [-0.4, -0.2) is 90.0 Å². The third-order valence-corrected chi connectivity index (χ3v) is 7.77. The molecule has 0 radical (unpaired) electrons. The van der Waals surface area contributed by atoms with E-state index in [0.717, 1.165) is 12.0 Å². The molecule has 1 aromatic rings. The van der Waals surface area contributed by atoms with Gasteiger partial charge in [0.15, 0.2) is 0 Å². The Hall–Kier alpha value is -3.18. The van der Waals surface area contributed by atoms with Crippen LogP contribution in [-0.2, 0) is 30.3 Å². The molecule has 43 heavy (non-hydrogen) atoms. The zero-order valence-corrected chi connectivity index (χ0v) is 27.0. The first kappa shape index (κ1) is 36.0. The van der Waals surface area contributed by atoms with Gasteiger partial charge in [-0.1, -0.05) is 64.4 Å². The maximum atomic E-state index is 13.6. The van der Waals surface area contributed by atoms with E-state index in [2.05, 4.69) is 16.0 Å². The van der Waals surface area contributed by atoms with Gasteiger partial charge in [-0.15, -0.1) is 0 Å². The average molecular weight is 605 g/mol. The normalized spacial score (nSPS) is 19.1. The summed E-state index contributed by atoms with van der Waals surface area (Å²) in [7, 11) is 1.27. The number of nitrogens with one attached hydrogen (secondary N) is 3. The number of aliphatic hydroxyl groups is 1. The number of benzene rings is 1. The number of alkyl carbamates (subject to hydrolysis) is 1. The number of hydrogen-bond donors (Lipinski definition) is 4. The van der Waals surface area contributed by atoms with Crippen LogP contribution >= 0.6 is 0 Å². The predicted octanol–water partition coefficient (Wildman–Crippen LogP) is 2.79. The Morgan fingerprint density at radius 2 is 1.67 bits per heavy atom. The van der Waals surface area contributed by atoms with Crippen molar-refractivity contribution in [3.63, 3.8) is 0 Å². The van der Waals surface area contributed by atoms with Gasteiger partial charge >= 0.3 is 12.1 Å². The highest BCUT2D eigenvalue weighted by Crippen LogP contribution is 2.21. The molecule has 1 aromatic carbocycles. The number of likely N-dealkylation sites (tertiary alicyclic amines) is 1. The molecule has 3 amide bonds. The minimum atomic E-state index is -0.998. The van der Waals surface area contributed by atoms with Crippen LogP contribution in [0.4, 0.5) is 4.79 Å². The predicted molar refractivity (Wildman–Crippen MR) is 164 cm³/mol. The van der Waals surface area contributed by atoms with Crippen LogP contribution in [0.2, 0.25) is 0 Å². The standard InChI is InChI=1S/C32H52N4O7/c1-9-21(4)27(29(39)34-26(20(2)3)30(40)42-8)35-28(38)24-16-13-17-36(24)19-25(37)23(18-22-14-11-10-12-15-22)33-31(41)43-32(5,6)7/h10-12,14-15,20-21,23-27,37H,9,13,16-19H2,1-8H3,(H,33,41)(H,34,39)(H,35,38)/t21?,23-,24-,25-,26-,27-/m0/s1. The fourth-order valence-corrected chi connectivity index (χ4v) is 5.14. The van der Waals surface area contributed by atoms with Gasteiger partial charge < -0.3 is 30.5 Å². The number of rotatable bonds is 14. The van der Waals surface area contributed by atoms with E-state index in [1.165, 1.54) is 7.11 Å². The van der Waals surface area contributed by atoms with E-state index < -0.39 is 53.8 Å². The molecule has 1 saturated heterocycles. The van der Waals surface area contributed by atoms with Crippen molar-refractivity contribution in [3.05, 3.63) is 35.9 Å². The number of methoxy groups -OCH3 is 1. The van der Waals surface area contributed by atoms with E-state index >= 15 is 0 Å². The van der Waals surface area contributed by atoms with E-state index in [9.17, 15) is 24.3 Å². The first-order valence-corrected chi connectivity index (χ1v) is 15.3. The zero-order chi connectivity index (χ0) is 32.3. The van der Waals surface area contributed by atoms with Crippen molar-refractivity contribution in [2.45, 2.75) is 110 Å². The number of esters is 1. The van der Waals surface area contributed by atoms with Crippen LogP contribution in [0, 0.1) is 11.8 Å². The van der Waals surface area contributed by atoms with Gasteiger partial charge in [-0.3, -0.25) is 14.5 Å². The Labute approximate surface area is 256 Å². The van der Waals surface area contributed by atoms with Crippen LogP contribution in [0.1, 0.15) is 73.3 Å². The van der Waals surface area contributed by atoms with Gasteiger partial charge in [-0.2, -0.15) is 0 Å². The van der Waals surface area contributed by atoms with E-state index in [4.69, 9.17) is 9.47 Å². The first-order chi connectivity index (χ1) is 20.2. The van der Waals surface area contributed by atoms with Gasteiger partial charge in [-0.05, 0) is 64.0 Å². The fourth-order valence-electron chi connectivity index (χ4n) is 5.14. The highest BCUT2D eigenvalue weighted by atomic mass is 16.6. The van der Waals surface area contributed by atoms with E-state index in [1.54, 1.807) is 20.8 Å². The van der Waals surface area contributed by atoms with Gasteiger partial charge in [0.25, 0.3) is 0 Å². The highest BCUT2D eigenvalue weighted by Gasteiger charge is 2.38. The molecule has 1 fully saturated rings. The summed E-state index contributed by atoms with van der Waals surface area (Å²) in [6.45, 7) is 13.5. The summed E-state index contributed by atoms with van der Waals surface area (Å²) < 4.78 is 10.3. The highest BCUT2D eigenvalue weighted by molar-refractivity contribution is 5.92. The van der Waals surface area contributed by atoms with Crippen LogP contribution in [0.15, 0.2) is 30.3 Å². The minimum Gasteiger partial charge on any atom is -0.467 e. The lowest BCUT2D eigenvalue weighted by atomic mass is 9.96. The molecule has 0 spiro atoms. The SMILES string of the molecule is CCC(C)[C@H](NC(=O)[C@@H]1CCCN1C[C@H](O)[C@H](Cc1ccccc1)NC(=O)OC(C)(C)C)C(=O)N[C@H](C(=O)OC)C(C)C. The number of ether oxygens (including phenoxy) is 2. The molecule has 6 atom stereocenters. The Morgan fingerprint density at radius 3 is 2.23 bits per heavy atom. The molecular weight excluding hydrogens is 552 g/mol.